The summed E-state index contributed by atoms with van der Waals surface area (Å²) in [6, 6.07) is -0.00218. The molecule has 0 aromatic carbocycles. The third-order valence-electron chi connectivity index (χ3n) is 2.42. The van der Waals surface area contributed by atoms with E-state index in [0.717, 1.165) is 12.8 Å². The molecule has 2 unspecified atom stereocenters. The van der Waals surface area contributed by atoms with E-state index in [4.69, 9.17) is 5.73 Å². The van der Waals surface area contributed by atoms with Gasteiger partial charge >= 0.3 is 0 Å². The van der Waals surface area contributed by atoms with Gasteiger partial charge in [0.05, 0.1) is 0 Å². The van der Waals surface area contributed by atoms with Crippen LogP contribution >= 0.6 is 0 Å². The van der Waals surface area contributed by atoms with Crippen molar-refractivity contribution in [2.45, 2.75) is 44.2 Å². The standard InChI is InChI=1S/C8H15NO2/c1-6(10)8(11)4-2-3-7(9)5-8/h7,11H,2-5,9H2,1H3. The van der Waals surface area contributed by atoms with Crippen molar-refractivity contribution in [3.63, 3.8) is 0 Å². The Morgan fingerprint density at radius 2 is 2.36 bits per heavy atom. The van der Waals surface area contributed by atoms with Gasteiger partial charge in [0, 0.05) is 6.04 Å². The first-order valence-corrected chi connectivity index (χ1v) is 4.03. The zero-order valence-corrected chi connectivity index (χ0v) is 6.84. The summed E-state index contributed by atoms with van der Waals surface area (Å²) in [5.41, 5.74) is 4.52. The highest BCUT2D eigenvalue weighted by atomic mass is 16.3. The van der Waals surface area contributed by atoms with E-state index < -0.39 is 5.60 Å². The number of nitrogens with two attached hydrogens (primary N) is 1. The van der Waals surface area contributed by atoms with Crippen LogP contribution in [0.3, 0.4) is 0 Å². The lowest BCUT2D eigenvalue weighted by Crippen LogP contribution is -2.46. The Labute approximate surface area is 66.6 Å². The minimum absolute atomic E-state index is 0.00218. The highest BCUT2D eigenvalue weighted by Crippen LogP contribution is 2.27. The molecule has 0 amide bonds. The molecule has 1 aliphatic rings. The van der Waals surface area contributed by atoms with Crippen molar-refractivity contribution in [1.29, 1.82) is 0 Å². The molecule has 3 nitrogen and oxygen atoms in total. The van der Waals surface area contributed by atoms with Crippen molar-refractivity contribution in [2.24, 2.45) is 5.73 Å². The molecule has 2 atom stereocenters. The summed E-state index contributed by atoms with van der Waals surface area (Å²) in [5.74, 6) is -0.146. The van der Waals surface area contributed by atoms with Crippen molar-refractivity contribution >= 4 is 5.78 Å². The van der Waals surface area contributed by atoms with E-state index in [1.165, 1.54) is 6.92 Å². The Morgan fingerprint density at radius 1 is 1.73 bits per heavy atom. The Balaban J connectivity index is 2.63. The molecule has 0 saturated heterocycles. The zero-order valence-electron chi connectivity index (χ0n) is 6.84. The molecule has 1 fully saturated rings. The van der Waals surface area contributed by atoms with Crippen LogP contribution in [-0.4, -0.2) is 22.5 Å². The average Bonchev–Trinajstić information content (AvgIpc) is 1.86. The Hall–Kier alpha value is -0.410. The number of rotatable bonds is 1. The van der Waals surface area contributed by atoms with Crippen LogP contribution in [0.2, 0.25) is 0 Å². The molecule has 1 saturated carbocycles. The Morgan fingerprint density at radius 3 is 2.73 bits per heavy atom. The van der Waals surface area contributed by atoms with Crippen LogP contribution in [0.15, 0.2) is 0 Å². The van der Waals surface area contributed by atoms with E-state index >= 15 is 0 Å². The monoisotopic (exact) mass is 157 g/mol. The topological polar surface area (TPSA) is 63.3 Å². The predicted molar refractivity (Wildman–Crippen MR) is 42.1 cm³/mol. The van der Waals surface area contributed by atoms with Crippen LogP contribution in [0.1, 0.15) is 32.6 Å². The fraction of sp³-hybridized carbons (Fsp3) is 0.875. The highest BCUT2D eigenvalue weighted by molar-refractivity contribution is 5.84. The molecule has 0 bridgehead atoms. The van der Waals surface area contributed by atoms with E-state index in [0.29, 0.717) is 12.8 Å². The fourth-order valence-corrected chi connectivity index (χ4v) is 1.61. The number of hydrogen-bond donors (Lipinski definition) is 2. The van der Waals surface area contributed by atoms with Gasteiger partial charge in [-0.1, -0.05) is 0 Å². The third kappa shape index (κ3) is 1.79. The number of ketones is 1. The van der Waals surface area contributed by atoms with Gasteiger partial charge in [-0.05, 0) is 32.6 Å². The molecule has 0 aromatic heterocycles. The maximum atomic E-state index is 11.0. The summed E-state index contributed by atoms with van der Waals surface area (Å²) in [6.07, 6.45) is 2.80. The Kier molecular flexibility index (Phi) is 2.30. The molecule has 0 spiro atoms. The minimum Gasteiger partial charge on any atom is -0.382 e. The third-order valence-corrected chi connectivity index (χ3v) is 2.42. The Bertz CT molecular complexity index is 169. The van der Waals surface area contributed by atoms with E-state index in [1.54, 1.807) is 0 Å². The van der Waals surface area contributed by atoms with Gasteiger partial charge in [0.1, 0.15) is 5.60 Å². The number of carbonyl (C=O) groups is 1. The molecule has 3 heteroatoms. The summed E-state index contributed by atoms with van der Waals surface area (Å²) < 4.78 is 0. The van der Waals surface area contributed by atoms with Gasteiger partial charge in [0.15, 0.2) is 5.78 Å². The lowest BCUT2D eigenvalue weighted by molar-refractivity contribution is -0.138. The lowest BCUT2D eigenvalue weighted by atomic mass is 9.80. The van der Waals surface area contributed by atoms with Crippen molar-refractivity contribution in [1.82, 2.24) is 0 Å². The molecule has 64 valence electrons. The maximum absolute atomic E-state index is 11.0. The number of aliphatic hydroxyl groups is 1. The second kappa shape index (κ2) is 2.91. The second-order valence-corrected chi connectivity index (χ2v) is 3.44. The van der Waals surface area contributed by atoms with Gasteiger partial charge < -0.3 is 10.8 Å². The molecule has 0 aromatic rings. The van der Waals surface area contributed by atoms with Gasteiger partial charge in [-0.3, -0.25) is 4.79 Å². The molecule has 0 aliphatic heterocycles. The van der Waals surface area contributed by atoms with Crippen LogP contribution < -0.4 is 5.73 Å². The number of hydrogen-bond acceptors (Lipinski definition) is 3. The number of Topliss-reactive ketones (excluding diaryl/α,β-unsaturated/α-hetero) is 1. The minimum atomic E-state index is -1.11. The molecule has 11 heavy (non-hydrogen) atoms. The van der Waals surface area contributed by atoms with Crippen molar-refractivity contribution in [3.8, 4) is 0 Å². The summed E-state index contributed by atoms with van der Waals surface area (Å²) in [6.45, 7) is 1.43. The predicted octanol–water partition coefficient (Wildman–Crippen LogP) is 0.208. The van der Waals surface area contributed by atoms with Crippen molar-refractivity contribution in [3.05, 3.63) is 0 Å². The number of carbonyl (C=O) groups excluding carboxylic acids is 1. The molecular formula is C8H15NO2. The molecular weight excluding hydrogens is 142 g/mol. The highest BCUT2D eigenvalue weighted by Gasteiger charge is 2.36. The van der Waals surface area contributed by atoms with E-state index in [1.807, 2.05) is 0 Å². The summed E-state index contributed by atoms with van der Waals surface area (Å²) in [4.78, 5) is 11.0. The largest absolute Gasteiger partial charge is 0.382 e. The van der Waals surface area contributed by atoms with Gasteiger partial charge in [-0.25, -0.2) is 0 Å². The van der Waals surface area contributed by atoms with Gasteiger partial charge in [-0.2, -0.15) is 0 Å². The summed E-state index contributed by atoms with van der Waals surface area (Å²) in [5, 5.41) is 9.69. The van der Waals surface area contributed by atoms with Crippen LogP contribution in [0.4, 0.5) is 0 Å². The average molecular weight is 157 g/mol. The molecule has 0 heterocycles. The zero-order chi connectivity index (χ0) is 8.48. The first-order chi connectivity index (χ1) is 5.04. The first kappa shape index (κ1) is 8.68. The fourth-order valence-electron chi connectivity index (χ4n) is 1.61. The van der Waals surface area contributed by atoms with Crippen molar-refractivity contribution < 1.29 is 9.90 Å². The normalized spacial score (nSPS) is 38.6. The van der Waals surface area contributed by atoms with Gasteiger partial charge in [0.2, 0.25) is 0 Å². The summed E-state index contributed by atoms with van der Waals surface area (Å²) >= 11 is 0. The first-order valence-electron chi connectivity index (χ1n) is 4.03. The van der Waals surface area contributed by atoms with Crippen LogP contribution in [0.25, 0.3) is 0 Å². The van der Waals surface area contributed by atoms with E-state index in [-0.39, 0.29) is 11.8 Å². The van der Waals surface area contributed by atoms with Crippen LogP contribution in [-0.2, 0) is 4.79 Å². The SMILES string of the molecule is CC(=O)C1(O)CCCC(N)C1. The van der Waals surface area contributed by atoms with E-state index in [9.17, 15) is 9.90 Å². The molecule has 1 aliphatic carbocycles. The van der Waals surface area contributed by atoms with Gasteiger partial charge in [0.25, 0.3) is 0 Å². The molecule has 0 radical (unpaired) electrons. The summed E-state index contributed by atoms with van der Waals surface area (Å²) in [7, 11) is 0. The molecule has 1 rings (SSSR count). The lowest BCUT2D eigenvalue weighted by Gasteiger charge is -2.32. The van der Waals surface area contributed by atoms with E-state index in [2.05, 4.69) is 0 Å². The van der Waals surface area contributed by atoms with Crippen LogP contribution in [0, 0.1) is 0 Å². The second-order valence-electron chi connectivity index (χ2n) is 3.44. The quantitative estimate of drug-likeness (QED) is 0.572. The van der Waals surface area contributed by atoms with Crippen molar-refractivity contribution in [2.75, 3.05) is 0 Å². The van der Waals surface area contributed by atoms with Crippen LogP contribution in [0.5, 0.6) is 0 Å². The molecule has 3 N–H and O–H groups in total. The maximum Gasteiger partial charge on any atom is 0.161 e. The van der Waals surface area contributed by atoms with Gasteiger partial charge in [-0.15, -0.1) is 0 Å². The smallest absolute Gasteiger partial charge is 0.161 e.